The third-order valence-corrected chi connectivity index (χ3v) is 15.8. The highest BCUT2D eigenvalue weighted by Crippen LogP contribution is 2.43. The Balaban J connectivity index is 3.80. The van der Waals surface area contributed by atoms with Crippen molar-refractivity contribution in [2.24, 2.45) is 5.73 Å². The fraction of sp³-hybridized carbons (Fsp3) is 0.908. The second-order valence-electron chi connectivity index (χ2n) is 22.3. The zero-order chi connectivity index (χ0) is 54.5. The van der Waals surface area contributed by atoms with Crippen molar-refractivity contribution in [2.45, 2.75) is 354 Å². The number of phosphoric acid groups is 1. The predicted octanol–water partition coefficient (Wildman–Crippen LogP) is 21.0. The summed E-state index contributed by atoms with van der Waals surface area (Å²) in [5.74, 6) is -0.810. The molecule has 2 unspecified atom stereocenters. The second kappa shape index (κ2) is 61.7. The monoisotopic (exact) mass is 1080 g/mol. The molecule has 3 N–H and O–H groups in total. The molecule has 444 valence electrons. The van der Waals surface area contributed by atoms with E-state index in [0.717, 1.165) is 32.1 Å². The molecule has 0 fully saturated rings. The lowest BCUT2D eigenvalue weighted by atomic mass is 10.0. The van der Waals surface area contributed by atoms with Gasteiger partial charge in [-0.1, -0.05) is 295 Å². The van der Waals surface area contributed by atoms with Crippen LogP contribution in [0.4, 0.5) is 0 Å². The fourth-order valence-corrected chi connectivity index (χ4v) is 10.7. The van der Waals surface area contributed by atoms with Gasteiger partial charge in [0, 0.05) is 19.4 Å². The quantitative estimate of drug-likeness (QED) is 0.0264. The molecule has 0 rings (SSSR count). The molecule has 10 heteroatoms. The van der Waals surface area contributed by atoms with Gasteiger partial charge in [0.15, 0.2) is 6.10 Å². The van der Waals surface area contributed by atoms with Gasteiger partial charge in [0.1, 0.15) is 6.61 Å². The van der Waals surface area contributed by atoms with Gasteiger partial charge in [0.2, 0.25) is 0 Å². The topological polar surface area (TPSA) is 134 Å². The van der Waals surface area contributed by atoms with Gasteiger partial charge in [-0.2, -0.15) is 0 Å². The van der Waals surface area contributed by atoms with Crippen molar-refractivity contribution < 1.29 is 37.6 Å². The van der Waals surface area contributed by atoms with Crippen molar-refractivity contribution in [3.8, 4) is 0 Å². The van der Waals surface area contributed by atoms with Gasteiger partial charge in [-0.15, -0.1) is 0 Å². The van der Waals surface area contributed by atoms with Gasteiger partial charge >= 0.3 is 19.8 Å². The Morgan fingerprint density at radius 3 is 0.947 bits per heavy atom. The maximum atomic E-state index is 12.7. The third kappa shape index (κ3) is 61.6. The summed E-state index contributed by atoms with van der Waals surface area (Å²) in [5, 5.41) is 0. The molecule has 0 heterocycles. The van der Waals surface area contributed by atoms with Crippen molar-refractivity contribution in [3.05, 3.63) is 24.3 Å². The molecule has 0 radical (unpaired) electrons. The van der Waals surface area contributed by atoms with E-state index in [0.29, 0.717) is 6.42 Å². The number of carbonyl (C=O) groups excluding carboxylic acids is 2. The zero-order valence-corrected chi connectivity index (χ0v) is 50.7. The summed E-state index contributed by atoms with van der Waals surface area (Å²) in [4.78, 5) is 35.2. The first-order chi connectivity index (χ1) is 36.8. The van der Waals surface area contributed by atoms with Gasteiger partial charge in [-0.3, -0.25) is 18.6 Å². The number of phosphoric ester groups is 1. The van der Waals surface area contributed by atoms with Crippen molar-refractivity contribution in [2.75, 3.05) is 26.4 Å². The molecular weight excluding hydrogens is 954 g/mol. The normalized spacial score (nSPS) is 13.1. The van der Waals surface area contributed by atoms with E-state index >= 15 is 0 Å². The largest absolute Gasteiger partial charge is 0.472 e. The van der Waals surface area contributed by atoms with E-state index in [1.807, 2.05) is 0 Å². The standard InChI is InChI=1S/C65H126NO8P/c1-3-5-7-9-11-13-15-17-19-21-23-24-25-26-27-28-29-30-31-32-33-34-35-36-37-38-40-42-44-46-48-50-52-54-56-58-65(68)74-63(62-73-75(69,70)72-60-59-66)61-71-64(67)57-55-53-51-49-47-45-43-41-39-22-20-18-16-14-12-10-8-6-4-2/h18,20-21,23,63H,3-17,19,22,24-62,66H2,1-2H3,(H,69,70)/b20-18-,23-21-. The Hall–Kier alpha value is -1.51. The Labute approximate surface area is 465 Å². The maximum absolute atomic E-state index is 12.7. The molecule has 0 aliphatic heterocycles. The molecule has 0 bridgehead atoms. The number of rotatable bonds is 63. The molecule has 0 saturated carbocycles. The molecule has 0 saturated heterocycles. The minimum absolute atomic E-state index is 0.0559. The zero-order valence-electron chi connectivity index (χ0n) is 49.8. The SMILES string of the molecule is CCCCCCCC/C=C\CCCCCCCCCCCC(=O)OCC(COP(=O)(O)OCCN)OC(=O)CCCCCCCCCCCCCCCCCCCCCCCCC/C=C\CCCCCCCCCC. The minimum atomic E-state index is -4.39. The van der Waals surface area contributed by atoms with Crippen LogP contribution in [-0.2, 0) is 32.7 Å². The Bertz CT molecular complexity index is 1280. The lowest BCUT2D eigenvalue weighted by Crippen LogP contribution is -2.29. The lowest BCUT2D eigenvalue weighted by Gasteiger charge is -2.19. The fourth-order valence-electron chi connectivity index (χ4n) is 9.92. The van der Waals surface area contributed by atoms with Gasteiger partial charge in [-0.25, -0.2) is 4.57 Å². The van der Waals surface area contributed by atoms with E-state index in [-0.39, 0.29) is 38.6 Å². The summed E-state index contributed by atoms with van der Waals surface area (Å²) in [5.41, 5.74) is 5.39. The van der Waals surface area contributed by atoms with Gasteiger partial charge in [0.05, 0.1) is 13.2 Å². The molecular formula is C65H126NO8P. The molecule has 0 aliphatic rings. The summed E-state index contributed by atoms with van der Waals surface area (Å²) in [7, 11) is -4.39. The average molecular weight is 1080 g/mol. The van der Waals surface area contributed by atoms with Crippen LogP contribution in [0.5, 0.6) is 0 Å². The van der Waals surface area contributed by atoms with Crippen LogP contribution >= 0.6 is 7.82 Å². The van der Waals surface area contributed by atoms with Crippen LogP contribution in [0.3, 0.4) is 0 Å². The maximum Gasteiger partial charge on any atom is 0.472 e. The molecule has 0 spiro atoms. The first kappa shape index (κ1) is 73.5. The summed E-state index contributed by atoms with van der Waals surface area (Å²) in [6.07, 6.45) is 74.1. The minimum Gasteiger partial charge on any atom is -0.462 e. The van der Waals surface area contributed by atoms with Crippen LogP contribution in [0.2, 0.25) is 0 Å². The molecule has 9 nitrogen and oxygen atoms in total. The second-order valence-corrected chi connectivity index (χ2v) is 23.8. The van der Waals surface area contributed by atoms with Crippen LogP contribution in [0.25, 0.3) is 0 Å². The first-order valence-electron chi connectivity index (χ1n) is 32.8. The van der Waals surface area contributed by atoms with E-state index in [1.165, 1.54) is 283 Å². The Morgan fingerprint density at radius 2 is 0.653 bits per heavy atom. The molecule has 75 heavy (non-hydrogen) atoms. The summed E-state index contributed by atoms with van der Waals surface area (Å²) < 4.78 is 33.1. The highest BCUT2D eigenvalue weighted by molar-refractivity contribution is 7.47. The number of carbonyl (C=O) groups is 2. The molecule has 0 aromatic rings. The van der Waals surface area contributed by atoms with Crippen molar-refractivity contribution in [1.82, 2.24) is 0 Å². The van der Waals surface area contributed by atoms with Gasteiger partial charge in [0.25, 0.3) is 0 Å². The molecule has 0 aromatic carbocycles. The van der Waals surface area contributed by atoms with Crippen LogP contribution in [0.1, 0.15) is 348 Å². The van der Waals surface area contributed by atoms with E-state index in [4.69, 9.17) is 24.3 Å². The van der Waals surface area contributed by atoms with E-state index in [2.05, 4.69) is 38.2 Å². The van der Waals surface area contributed by atoms with E-state index in [9.17, 15) is 19.0 Å². The Kier molecular flexibility index (Phi) is 60.5. The van der Waals surface area contributed by atoms with Crippen molar-refractivity contribution in [1.29, 1.82) is 0 Å². The molecule has 0 amide bonds. The predicted molar refractivity (Wildman–Crippen MR) is 321 cm³/mol. The summed E-state index contributed by atoms with van der Waals surface area (Å²) in [6.45, 7) is 3.80. The third-order valence-electron chi connectivity index (χ3n) is 14.8. The van der Waals surface area contributed by atoms with Gasteiger partial charge in [-0.05, 0) is 64.2 Å². The van der Waals surface area contributed by atoms with Crippen LogP contribution in [0.15, 0.2) is 24.3 Å². The number of unbranched alkanes of at least 4 members (excludes halogenated alkanes) is 46. The number of ether oxygens (including phenoxy) is 2. The highest BCUT2D eigenvalue weighted by Gasteiger charge is 2.26. The molecule has 0 aromatic heterocycles. The molecule has 0 aliphatic carbocycles. The van der Waals surface area contributed by atoms with Crippen LogP contribution in [-0.4, -0.2) is 49.3 Å². The average Bonchev–Trinajstić information content (AvgIpc) is 3.40. The van der Waals surface area contributed by atoms with Crippen LogP contribution < -0.4 is 5.73 Å². The lowest BCUT2D eigenvalue weighted by molar-refractivity contribution is -0.161. The first-order valence-corrected chi connectivity index (χ1v) is 34.3. The smallest absolute Gasteiger partial charge is 0.462 e. The summed E-state index contributed by atoms with van der Waals surface area (Å²) in [6, 6.07) is 0. The van der Waals surface area contributed by atoms with Crippen molar-refractivity contribution >= 4 is 19.8 Å². The molecule has 2 atom stereocenters. The summed E-state index contributed by atoms with van der Waals surface area (Å²) >= 11 is 0. The highest BCUT2D eigenvalue weighted by atomic mass is 31.2. The number of hydrogen-bond donors (Lipinski definition) is 2. The van der Waals surface area contributed by atoms with Crippen molar-refractivity contribution in [3.63, 3.8) is 0 Å². The number of nitrogens with two attached hydrogens (primary N) is 1. The van der Waals surface area contributed by atoms with Crippen LogP contribution in [0, 0.1) is 0 Å². The number of esters is 2. The number of allylic oxidation sites excluding steroid dienone is 4. The van der Waals surface area contributed by atoms with E-state index < -0.39 is 26.5 Å². The number of hydrogen-bond acceptors (Lipinski definition) is 8. The van der Waals surface area contributed by atoms with Gasteiger partial charge < -0.3 is 20.1 Å². The Morgan fingerprint density at radius 1 is 0.387 bits per heavy atom. The van der Waals surface area contributed by atoms with E-state index in [1.54, 1.807) is 0 Å².